The average molecular weight is 1470 g/mol. The lowest BCUT2D eigenvalue weighted by Crippen LogP contribution is -2.66. The zero-order chi connectivity index (χ0) is 75.0. The molecule has 104 heavy (non-hydrogen) atoms. The number of ether oxygens (including phenoxy) is 14. The third-order valence-electron chi connectivity index (χ3n) is 18.5. The molecular weight excluding hydrogens is 1390 g/mol. The van der Waals surface area contributed by atoms with Crippen molar-refractivity contribution in [2.24, 2.45) is 0 Å². The van der Waals surface area contributed by atoms with E-state index in [-0.39, 0.29) is 22.8 Å². The second-order valence-electron chi connectivity index (χ2n) is 25.9. The summed E-state index contributed by atoms with van der Waals surface area (Å²) in [7, 11) is 0. The summed E-state index contributed by atoms with van der Waals surface area (Å²) >= 11 is 0. The summed E-state index contributed by atoms with van der Waals surface area (Å²) in [6.45, 7) is 5.90. The predicted octanol–water partition coefficient (Wildman–Crippen LogP) is -2.40. The van der Waals surface area contributed by atoms with Crippen LogP contribution in [0.2, 0.25) is 0 Å². The van der Waals surface area contributed by atoms with Crippen molar-refractivity contribution in [3.8, 4) is 45.8 Å². The summed E-state index contributed by atoms with van der Waals surface area (Å²) < 4.78 is 90.2. The fourth-order valence-corrected chi connectivity index (χ4v) is 12.5. The van der Waals surface area contributed by atoms with E-state index in [1.807, 2.05) is 0 Å². The van der Waals surface area contributed by atoms with Gasteiger partial charge in [-0.3, -0.25) is 4.79 Å². The third-order valence-corrected chi connectivity index (χ3v) is 18.5. The first kappa shape index (κ1) is 77.5. The number of hydrogen-bond acceptors (Lipinski definition) is 35. The normalized spacial score (nSPS) is 38.4. The molecule has 1 aromatic heterocycles. The molecule has 0 radical (unpaired) electrons. The molecule has 0 amide bonds. The third kappa shape index (κ3) is 16.8. The molecule has 5 aromatic rings. The molecule has 11 rings (SSSR count). The van der Waals surface area contributed by atoms with Crippen molar-refractivity contribution in [3.63, 3.8) is 0 Å². The van der Waals surface area contributed by atoms with E-state index in [2.05, 4.69) is 0 Å². The Morgan fingerprint density at radius 3 is 1.36 bits per heavy atom. The summed E-state index contributed by atoms with van der Waals surface area (Å²) in [5, 5.41) is 186. The molecule has 4 aromatic carbocycles. The van der Waals surface area contributed by atoms with Crippen molar-refractivity contribution in [1.29, 1.82) is 0 Å². The molecule has 35 nitrogen and oxygen atoms in total. The summed E-state index contributed by atoms with van der Waals surface area (Å²) in [5.41, 5.74) is -1.02. The molecule has 0 bridgehead atoms. The van der Waals surface area contributed by atoms with Gasteiger partial charge >= 0.3 is 11.9 Å². The smallest absolute Gasteiger partial charge is 0.331 e. The molecule has 6 fully saturated rings. The van der Waals surface area contributed by atoms with E-state index in [0.717, 1.165) is 24.3 Å². The molecule has 30 atom stereocenters. The number of rotatable bonds is 20. The first-order valence-corrected chi connectivity index (χ1v) is 33.0. The lowest BCUT2D eigenvalue weighted by molar-refractivity contribution is -0.372. The molecule has 568 valence electrons. The second-order valence-corrected chi connectivity index (χ2v) is 25.9. The molecular formula is C69H82O35. The van der Waals surface area contributed by atoms with Crippen molar-refractivity contribution < 1.29 is 167 Å². The van der Waals surface area contributed by atoms with Gasteiger partial charge in [0.05, 0.1) is 37.1 Å². The van der Waals surface area contributed by atoms with Crippen LogP contribution in [0.15, 0.2) is 106 Å². The Morgan fingerprint density at radius 2 is 0.837 bits per heavy atom. The number of aliphatic hydroxyl groups excluding tert-OH is 13. The van der Waals surface area contributed by atoms with Crippen molar-refractivity contribution in [1.82, 2.24) is 0 Å². The van der Waals surface area contributed by atoms with E-state index in [1.165, 1.54) is 120 Å². The van der Waals surface area contributed by atoms with E-state index in [1.54, 1.807) is 0 Å². The molecule has 0 spiro atoms. The van der Waals surface area contributed by atoms with Gasteiger partial charge in [0, 0.05) is 29.8 Å². The molecule has 6 aliphatic heterocycles. The number of aromatic hydroxyl groups is 4. The molecule has 6 saturated heterocycles. The fraction of sp³-hybridized carbons (Fsp3) is 0.522. The van der Waals surface area contributed by atoms with Crippen molar-refractivity contribution in [2.45, 2.75) is 219 Å². The maximum absolute atomic E-state index is 15.4. The standard InChI is InChI=1S/C69H82O35/c1-25-43(76)49(82)52(85)64(91-25)90-24-39-47(80)60(102-66-54(87)51(84)45(78)27(3)93-66)63(100-41(75)21-11-31-8-16-34(71)17-9-31)69(98-39)104-61-48(81)42-37(73)22-36(23-38(42)97-58(61)32-12-18-35(72)19-13-32)96-67-56(89)62(57(29(5)95-67)99-40(74)20-10-30-6-14-33(70)15-7-30)103-68-55(88)59(46(79)28(4)94-68)101-65-53(86)50(83)44(77)26(2)92-65/h6-23,25-29,39,43-47,49-57,59-60,62-73,76-80,82-89H,24H2,1-5H3/t25-,26+,27-,28-,29-,39+,43-,44-,45-,46-,47+,49+,50+,51+,52-,53-,54-,55-,56-,57-,59+,60-,62-,63+,64-,65-,66+,67+,68-,69-/m0/s1. The van der Waals surface area contributed by atoms with Crippen LogP contribution in [0.3, 0.4) is 0 Å². The summed E-state index contributed by atoms with van der Waals surface area (Å²) in [6.07, 6.45) is -48.7. The second kappa shape index (κ2) is 32.6. The molecule has 7 heterocycles. The van der Waals surface area contributed by atoms with Crippen LogP contribution < -0.4 is 14.9 Å². The molecule has 0 saturated carbocycles. The SMILES string of the molecule is C[C@@H]1O[C@H](OC[C@H]2O[C@@H](Oc3c(-c4ccc(O)cc4)oc4cc(O[C@H]5O[C@@H](C)[C@H](OC(=O)C=Cc6ccc(O)cc6)[C@@H](O[C@@H]6O[C@@H](C)[C@H](O)[C@@H](O[C@@H]7O[C@H](C)[C@H](O)[C@@H](O)[C@@H]7O)[C@@H]6O)[C@@H]5O)cc(O)c4c3=O)[C@H](OC(=O)C=Cc3ccc(O)cc3)[C@@H](O[C@H]3O[C@@H](C)[C@H](O)[C@@H](O)[C@@H]3O)[C@@H]2O)[C@@H](O)[C@H](O)[C@H]1O. The van der Waals surface area contributed by atoms with Crippen molar-refractivity contribution >= 4 is 35.1 Å². The van der Waals surface area contributed by atoms with Gasteiger partial charge in [-0.15, -0.1) is 0 Å². The minimum Gasteiger partial charge on any atom is -0.508 e. The first-order chi connectivity index (χ1) is 49.3. The molecule has 17 N–H and O–H groups in total. The van der Waals surface area contributed by atoms with Gasteiger partial charge in [0.1, 0.15) is 143 Å². The average Bonchev–Trinajstić information content (AvgIpc) is 0.752. The summed E-state index contributed by atoms with van der Waals surface area (Å²) in [6, 6.07) is 18.0. The Hall–Kier alpha value is -7.61. The molecule has 6 aliphatic rings. The largest absolute Gasteiger partial charge is 0.508 e. The zero-order valence-corrected chi connectivity index (χ0v) is 55.9. The van der Waals surface area contributed by atoms with E-state index >= 15 is 4.79 Å². The monoisotopic (exact) mass is 1470 g/mol. The number of carbonyl (C=O) groups excluding carboxylic acids is 2. The highest BCUT2D eigenvalue weighted by Gasteiger charge is 2.57. The molecule has 0 unspecified atom stereocenters. The highest BCUT2D eigenvalue weighted by molar-refractivity contribution is 5.89. The van der Waals surface area contributed by atoms with Gasteiger partial charge in [-0.05, 0) is 106 Å². The number of phenolic OH excluding ortho intramolecular Hbond substituents is 4. The van der Waals surface area contributed by atoms with E-state index < -0.39 is 242 Å². The number of aliphatic hydroxyl groups is 13. The fourth-order valence-electron chi connectivity index (χ4n) is 12.5. The van der Waals surface area contributed by atoms with Gasteiger partial charge in [0.25, 0.3) is 0 Å². The number of fused-ring (bicyclic) bond motifs is 1. The maximum atomic E-state index is 15.4. The Bertz CT molecular complexity index is 3860. The van der Waals surface area contributed by atoms with Gasteiger partial charge in [-0.25, -0.2) is 9.59 Å². The van der Waals surface area contributed by atoms with E-state index in [4.69, 9.17) is 70.7 Å². The number of benzene rings is 4. The molecule has 0 aliphatic carbocycles. The van der Waals surface area contributed by atoms with Gasteiger partial charge in [0.15, 0.2) is 43.1 Å². The maximum Gasteiger partial charge on any atom is 0.331 e. The zero-order valence-electron chi connectivity index (χ0n) is 55.9. The van der Waals surface area contributed by atoms with Crippen LogP contribution in [-0.2, 0) is 66.4 Å². The van der Waals surface area contributed by atoms with Crippen molar-refractivity contribution in [2.75, 3.05) is 6.61 Å². The number of hydrogen-bond donors (Lipinski definition) is 17. The van der Waals surface area contributed by atoms with Gasteiger partial charge in [-0.2, -0.15) is 0 Å². The predicted molar refractivity (Wildman–Crippen MR) is 346 cm³/mol. The quantitative estimate of drug-likeness (QED) is 0.0285. The first-order valence-electron chi connectivity index (χ1n) is 33.0. The van der Waals surface area contributed by atoms with Crippen LogP contribution >= 0.6 is 0 Å². The van der Waals surface area contributed by atoms with Crippen LogP contribution in [0.1, 0.15) is 45.7 Å². The Kier molecular flexibility index (Phi) is 24.3. The Labute approximate surface area is 590 Å². The van der Waals surface area contributed by atoms with Crippen LogP contribution in [0.5, 0.6) is 34.5 Å². The summed E-state index contributed by atoms with van der Waals surface area (Å²) in [5.74, 6) is -5.52. The highest BCUT2D eigenvalue weighted by atomic mass is 16.8. The molecule has 35 heteroatoms. The minimum atomic E-state index is -2.25. The van der Waals surface area contributed by atoms with E-state index in [9.17, 15) is 96.4 Å². The Morgan fingerprint density at radius 1 is 0.413 bits per heavy atom. The minimum absolute atomic E-state index is 0.0596. The number of esters is 2. The Balaban J connectivity index is 0.946. The summed E-state index contributed by atoms with van der Waals surface area (Å²) in [4.78, 5) is 43.2. The number of carbonyl (C=O) groups is 2. The van der Waals surface area contributed by atoms with Crippen molar-refractivity contribution in [3.05, 3.63) is 118 Å². The lowest BCUT2D eigenvalue weighted by atomic mass is 9.96. The van der Waals surface area contributed by atoms with Gasteiger partial charge in [0.2, 0.25) is 23.8 Å². The lowest BCUT2D eigenvalue weighted by Gasteiger charge is -2.48. The van der Waals surface area contributed by atoms with Crippen LogP contribution in [0.4, 0.5) is 0 Å². The van der Waals surface area contributed by atoms with Crippen LogP contribution in [-0.4, -0.2) is 290 Å². The van der Waals surface area contributed by atoms with Crippen LogP contribution in [0.25, 0.3) is 34.4 Å². The van der Waals surface area contributed by atoms with E-state index in [0.29, 0.717) is 11.1 Å². The topological polar surface area (TPSA) is 537 Å². The number of phenols is 4. The van der Waals surface area contributed by atoms with Gasteiger partial charge in [-0.1, -0.05) is 24.3 Å². The highest BCUT2D eigenvalue weighted by Crippen LogP contribution is 2.42. The van der Waals surface area contributed by atoms with Crippen LogP contribution in [0, 0.1) is 0 Å². The van der Waals surface area contributed by atoms with Gasteiger partial charge < -0.3 is 158 Å².